The van der Waals surface area contributed by atoms with E-state index in [0.29, 0.717) is 24.8 Å². The number of carbonyl (C=O) groups is 7. The van der Waals surface area contributed by atoms with E-state index in [2.05, 4.69) is 22.9 Å². The number of ether oxygens (including phenoxy) is 7. The third-order valence-electron chi connectivity index (χ3n) is 13.7. The van der Waals surface area contributed by atoms with Gasteiger partial charge >= 0.3 is 41.8 Å². The van der Waals surface area contributed by atoms with E-state index in [1.165, 1.54) is 60.7 Å². The lowest BCUT2D eigenvalue weighted by molar-refractivity contribution is -0.158. The summed E-state index contributed by atoms with van der Waals surface area (Å²) in [4.78, 5) is 80.9. The van der Waals surface area contributed by atoms with Crippen molar-refractivity contribution in [1.29, 1.82) is 15.8 Å². The summed E-state index contributed by atoms with van der Waals surface area (Å²) < 4.78 is 34.4. The van der Waals surface area contributed by atoms with Gasteiger partial charge in [0.2, 0.25) is 0 Å². The number of phenolic OH excluding ortho intramolecular Hbond substituents is 3. The highest BCUT2D eigenvalue weighted by atomic mass is 16.6. The van der Waals surface area contributed by atoms with E-state index >= 15 is 0 Å². The van der Waals surface area contributed by atoms with Gasteiger partial charge in [0.15, 0.2) is 0 Å². The maximum absolute atomic E-state index is 11.7. The van der Waals surface area contributed by atoms with Gasteiger partial charge in [0, 0.05) is 17.8 Å². The topological polar surface area (TPSA) is 377 Å². The zero-order valence-corrected chi connectivity index (χ0v) is 57.2. The van der Waals surface area contributed by atoms with Crippen LogP contribution < -0.4 is 0 Å². The van der Waals surface area contributed by atoms with E-state index < -0.39 is 58.3 Å². The summed E-state index contributed by atoms with van der Waals surface area (Å²) in [6.45, 7) is 30.7. The number of nitrogens with zero attached hydrogens (tertiary/aromatic N) is 3. The summed E-state index contributed by atoms with van der Waals surface area (Å²) in [5, 5.41) is 79.6. The van der Waals surface area contributed by atoms with Crippen molar-refractivity contribution in [1.82, 2.24) is 0 Å². The smallest absolute Gasteiger partial charge is 0.342 e. The third kappa shape index (κ3) is 43.4. The van der Waals surface area contributed by atoms with Crippen LogP contribution in [0.25, 0.3) is 0 Å². The summed E-state index contributed by atoms with van der Waals surface area (Å²) in [5.41, 5.74) is -1.15. The van der Waals surface area contributed by atoms with Gasteiger partial charge in [0.25, 0.3) is 0 Å². The van der Waals surface area contributed by atoms with Crippen LogP contribution in [0.3, 0.4) is 0 Å². The quantitative estimate of drug-likeness (QED) is 0.0234. The molecule has 3 aromatic carbocycles. The lowest BCUT2D eigenvalue weighted by atomic mass is 9.91. The first-order valence-corrected chi connectivity index (χ1v) is 30.8. The minimum Gasteiger partial charge on any atom is -0.508 e. The van der Waals surface area contributed by atoms with Crippen molar-refractivity contribution >= 4 is 41.8 Å². The van der Waals surface area contributed by atoms with Crippen LogP contribution in [0, 0.1) is 73.9 Å². The van der Waals surface area contributed by atoms with Crippen LogP contribution in [0.15, 0.2) is 72.8 Å². The molecule has 0 fully saturated rings. The third-order valence-corrected chi connectivity index (χ3v) is 13.7. The second-order valence-corrected chi connectivity index (χ2v) is 22.8. The van der Waals surface area contributed by atoms with Gasteiger partial charge in [-0.1, -0.05) is 67.5 Å². The minimum absolute atomic E-state index is 0.00520. The van der Waals surface area contributed by atoms with E-state index in [4.69, 9.17) is 59.5 Å². The average Bonchev–Trinajstić information content (AvgIpc) is 1.57. The van der Waals surface area contributed by atoms with Crippen LogP contribution in [0.2, 0.25) is 0 Å². The van der Waals surface area contributed by atoms with E-state index in [0.717, 1.165) is 25.7 Å². The number of phenols is 3. The molecule has 0 bridgehead atoms. The Morgan fingerprint density at radius 1 is 0.435 bits per heavy atom. The van der Waals surface area contributed by atoms with Crippen molar-refractivity contribution in [3.63, 3.8) is 0 Å². The lowest BCUT2D eigenvalue weighted by Gasteiger charge is -2.21. The summed E-state index contributed by atoms with van der Waals surface area (Å²) in [7, 11) is 0. The molecule has 3 aromatic rings. The number of esters is 7. The van der Waals surface area contributed by atoms with Crippen LogP contribution >= 0.6 is 0 Å². The maximum Gasteiger partial charge on any atom is 0.342 e. The van der Waals surface area contributed by atoms with Gasteiger partial charge in [-0.2, -0.15) is 15.8 Å². The molecule has 3 rings (SSSR count). The highest BCUT2D eigenvalue weighted by molar-refractivity contribution is 5.92. The molecule has 23 nitrogen and oxygen atoms in total. The molecule has 0 aliphatic carbocycles. The van der Waals surface area contributed by atoms with Crippen molar-refractivity contribution in [3.8, 4) is 35.5 Å². The van der Waals surface area contributed by atoms with Gasteiger partial charge in [0.05, 0.1) is 58.1 Å². The molecule has 0 heterocycles. The molecule has 0 saturated carbocycles. The number of aromatic hydroxyl groups is 3. The highest BCUT2D eigenvalue weighted by Crippen LogP contribution is 2.24. The first kappa shape index (κ1) is 90.1. The zero-order valence-electron chi connectivity index (χ0n) is 57.2. The normalized spacial score (nSPS) is 12.3. The Labute approximate surface area is 545 Å². The highest BCUT2D eigenvalue weighted by Gasteiger charge is 2.30. The van der Waals surface area contributed by atoms with Crippen molar-refractivity contribution < 1.29 is 97.4 Å². The first-order valence-electron chi connectivity index (χ1n) is 30.8. The van der Waals surface area contributed by atoms with Gasteiger partial charge < -0.3 is 63.8 Å². The van der Waals surface area contributed by atoms with Crippen LogP contribution in [-0.2, 0) is 52.3 Å². The van der Waals surface area contributed by atoms with Gasteiger partial charge in [-0.05, 0) is 168 Å². The number of aliphatic hydroxyl groups excluding tert-OH is 3. The van der Waals surface area contributed by atoms with Gasteiger partial charge in [0.1, 0.15) is 81.3 Å². The second kappa shape index (κ2) is 51.3. The van der Waals surface area contributed by atoms with Crippen LogP contribution in [0.4, 0.5) is 0 Å². The Balaban J connectivity index is -0.000000524. The Bertz CT molecular complexity index is 2640. The molecule has 0 spiro atoms. The largest absolute Gasteiger partial charge is 0.508 e. The number of hydrogen-bond donors (Lipinski definition) is 6. The number of benzene rings is 3. The van der Waals surface area contributed by atoms with Crippen LogP contribution in [0.5, 0.6) is 17.2 Å². The van der Waals surface area contributed by atoms with Gasteiger partial charge in [-0.3, -0.25) is 19.2 Å². The molecule has 0 saturated heterocycles. The van der Waals surface area contributed by atoms with Crippen molar-refractivity contribution in [2.45, 2.75) is 175 Å². The fourth-order valence-corrected chi connectivity index (χ4v) is 4.89. The minimum atomic E-state index is -1.12. The maximum atomic E-state index is 11.7. The molecule has 6 unspecified atom stereocenters. The number of aliphatic hydroxyl groups is 3. The summed E-state index contributed by atoms with van der Waals surface area (Å²) in [5.74, 6) is -2.64. The number of para-hydroxylation sites is 1. The SMILES string of the molecule is CCC(C)(C)C(=O)OCC(O)COC(=O)c1ccc(O)cc1.CCC(C)(C)C(=O)OCC(O)COC(=O)c1ccccc1O.CCC(C)(C)C(=O)OCCOC(=O)c1ccc(O)cc1.CCC(C)C#N.CCC(C)C#N.CCC(C)C#N.CCC(C)C(=O)OCCO. The Hall–Kier alpha value is -8.30. The van der Waals surface area contributed by atoms with Gasteiger partial charge in [-0.25, -0.2) is 14.4 Å². The van der Waals surface area contributed by atoms with E-state index in [9.17, 15) is 48.9 Å². The van der Waals surface area contributed by atoms with Gasteiger partial charge in [-0.15, -0.1) is 0 Å². The molecule has 0 aromatic heterocycles. The molecule has 516 valence electrons. The lowest BCUT2D eigenvalue weighted by Crippen LogP contribution is -2.31. The molecule has 0 radical (unpaired) electrons. The molecule has 0 amide bonds. The zero-order chi connectivity index (χ0) is 71.6. The average molecular weight is 1300 g/mol. The fourth-order valence-electron chi connectivity index (χ4n) is 4.89. The second-order valence-electron chi connectivity index (χ2n) is 22.8. The number of carbonyl (C=O) groups excluding carboxylic acids is 7. The van der Waals surface area contributed by atoms with Crippen LogP contribution in [-0.4, -0.2) is 137 Å². The molecule has 6 N–H and O–H groups in total. The van der Waals surface area contributed by atoms with E-state index in [1.54, 1.807) is 60.6 Å². The van der Waals surface area contributed by atoms with Crippen molar-refractivity contribution in [3.05, 3.63) is 89.5 Å². The Kier molecular flexibility index (Phi) is 50.3. The molecular weight excluding hydrogens is 1190 g/mol. The predicted molar refractivity (Wildman–Crippen MR) is 345 cm³/mol. The van der Waals surface area contributed by atoms with Crippen LogP contribution in [0.1, 0.15) is 194 Å². The summed E-state index contributed by atoms with van der Waals surface area (Å²) in [6, 6.07) is 23.6. The molecule has 0 aliphatic rings. The Morgan fingerprint density at radius 2 is 0.761 bits per heavy atom. The summed E-state index contributed by atoms with van der Waals surface area (Å²) in [6.07, 6.45) is 3.40. The van der Waals surface area contributed by atoms with E-state index in [-0.39, 0.29) is 117 Å². The van der Waals surface area contributed by atoms with Crippen molar-refractivity contribution in [2.75, 3.05) is 52.9 Å². The van der Waals surface area contributed by atoms with E-state index in [1.807, 2.05) is 69.2 Å². The molecule has 92 heavy (non-hydrogen) atoms. The molecular formula is C69H105N3O20. The monoisotopic (exact) mass is 1300 g/mol. The molecule has 6 atom stereocenters. The first-order chi connectivity index (χ1) is 43.0. The molecule has 0 aliphatic heterocycles. The fraction of sp³-hybridized carbons (Fsp3) is 0.594. The summed E-state index contributed by atoms with van der Waals surface area (Å²) >= 11 is 0. The number of nitriles is 3. The molecule has 23 heteroatoms. The number of rotatable bonds is 27. The predicted octanol–water partition coefficient (Wildman–Crippen LogP) is 11.5. The number of hydrogen-bond acceptors (Lipinski definition) is 23. The standard InChI is InChI=1S/2C16H22O6.C15H20O5.C7H14O3.3C5H9N/c1-4-16(2,3)15(20)22-10-13(18)9-21-14(19)11-5-7-12(17)8-6-11;1-4-16(2,3)15(20)22-10-11(17)9-21-14(19)12-7-5-6-8-13(12)18;1-4-15(2,3)14(18)20-10-9-19-13(17)11-5-7-12(16)8-6-11;1-3-6(2)7(9)10-5-4-8;3*1-3-5(2)4-6/h5-8,13,17-18H,4,9-10H2,1-3H3;5-8,11,17-18H,4,9-10H2,1-3H3;5-8,16H,4,9-10H2,1-3H3;6,8H,3-5H2,1-2H3;3*5H,3H2,1-2H3. The van der Waals surface area contributed by atoms with Crippen molar-refractivity contribution in [2.24, 2.45) is 39.9 Å². The Morgan fingerprint density at radius 3 is 1.08 bits per heavy atom.